The van der Waals surface area contributed by atoms with Gasteiger partial charge in [-0.2, -0.15) is 0 Å². The quantitative estimate of drug-likeness (QED) is 0.742. The van der Waals surface area contributed by atoms with E-state index < -0.39 is 0 Å². The number of aliphatic hydroxyl groups excluding tert-OH is 1. The van der Waals surface area contributed by atoms with Crippen LogP contribution in [0.25, 0.3) is 0 Å². The maximum absolute atomic E-state index is 9.10. The normalized spacial score (nSPS) is 29.7. The van der Waals surface area contributed by atoms with Crippen LogP contribution in [-0.2, 0) is 0 Å². The lowest BCUT2D eigenvalue weighted by molar-refractivity contribution is 0.0585. The zero-order valence-corrected chi connectivity index (χ0v) is 7.73. The first-order chi connectivity index (χ1) is 6.25. The molecule has 1 aliphatic carbocycles. The average Bonchev–Trinajstić information content (AvgIpc) is 2.53. The number of aliphatic hydroxyl groups is 1. The Morgan fingerprint density at radius 3 is 2.92 bits per heavy atom. The highest BCUT2D eigenvalue weighted by molar-refractivity contribution is 5.11. The molecule has 1 aliphatic rings. The molecule has 3 heteroatoms. The van der Waals surface area contributed by atoms with Crippen LogP contribution in [0.2, 0.25) is 0 Å². The van der Waals surface area contributed by atoms with Gasteiger partial charge in [-0.25, -0.2) is 0 Å². The van der Waals surface area contributed by atoms with Crippen LogP contribution in [0.15, 0.2) is 23.0 Å². The van der Waals surface area contributed by atoms with Crippen LogP contribution in [0.1, 0.15) is 31.4 Å². The largest absolute Gasteiger partial charge is 0.472 e. The minimum absolute atomic E-state index is 0.0888. The Kier molecular flexibility index (Phi) is 2.38. The number of furan rings is 1. The summed E-state index contributed by atoms with van der Waals surface area (Å²) in [5.41, 5.74) is 1.17. The summed E-state index contributed by atoms with van der Waals surface area (Å²) in [6, 6.07) is 2.75. The van der Waals surface area contributed by atoms with Gasteiger partial charge in [0.2, 0.25) is 0 Å². The van der Waals surface area contributed by atoms with E-state index in [-0.39, 0.29) is 6.10 Å². The topological polar surface area (TPSA) is 45.4 Å². The zero-order chi connectivity index (χ0) is 9.26. The van der Waals surface area contributed by atoms with Crippen LogP contribution < -0.4 is 5.32 Å². The third-order valence-corrected chi connectivity index (χ3v) is 2.64. The van der Waals surface area contributed by atoms with E-state index in [2.05, 4.69) is 12.2 Å². The summed E-state index contributed by atoms with van der Waals surface area (Å²) in [5, 5.41) is 12.5. The maximum atomic E-state index is 9.10. The molecule has 0 amide bonds. The molecule has 1 atom stereocenters. The predicted molar refractivity (Wildman–Crippen MR) is 49.3 cm³/mol. The summed E-state index contributed by atoms with van der Waals surface area (Å²) in [6.45, 7) is 2.11. The van der Waals surface area contributed by atoms with Gasteiger partial charge in [0.25, 0.3) is 0 Å². The molecule has 72 valence electrons. The van der Waals surface area contributed by atoms with Crippen molar-refractivity contribution in [2.24, 2.45) is 0 Å². The Bertz CT molecular complexity index is 252. The molecule has 1 unspecified atom stereocenters. The van der Waals surface area contributed by atoms with Gasteiger partial charge < -0.3 is 14.8 Å². The van der Waals surface area contributed by atoms with Crippen molar-refractivity contribution in [2.75, 3.05) is 0 Å². The van der Waals surface area contributed by atoms with Crippen LogP contribution in [0, 0.1) is 0 Å². The van der Waals surface area contributed by atoms with Gasteiger partial charge in [0.05, 0.1) is 18.6 Å². The Morgan fingerprint density at radius 1 is 1.62 bits per heavy atom. The molecular weight excluding hydrogens is 166 g/mol. The molecule has 1 fully saturated rings. The van der Waals surface area contributed by atoms with Gasteiger partial charge in [-0.05, 0) is 25.8 Å². The number of rotatable bonds is 3. The fourth-order valence-electron chi connectivity index (χ4n) is 1.70. The van der Waals surface area contributed by atoms with E-state index in [0.717, 1.165) is 12.8 Å². The zero-order valence-electron chi connectivity index (χ0n) is 7.73. The van der Waals surface area contributed by atoms with Gasteiger partial charge in [0.1, 0.15) is 0 Å². The molecule has 1 saturated carbocycles. The second-order valence-electron chi connectivity index (χ2n) is 3.77. The number of hydrogen-bond donors (Lipinski definition) is 2. The van der Waals surface area contributed by atoms with Crippen LogP contribution in [-0.4, -0.2) is 17.3 Å². The molecule has 0 spiro atoms. The second-order valence-corrected chi connectivity index (χ2v) is 3.77. The van der Waals surface area contributed by atoms with Crippen molar-refractivity contribution >= 4 is 0 Å². The Hall–Kier alpha value is -0.800. The standard InChI is InChI=1S/C10H15NO2/c1-7(8-2-3-13-6-8)11-9-4-10(12)5-9/h2-3,6-7,9-12H,4-5H2,1H3. The molecule has 2 N–H and O–H groups in total. The highest BCUT2D eigenvalue weighted by atomic mass is 16.3. The predicted octanol–water partition coefficient (Wildman–Crippen LogP) is 1.45. The second kappa shape index (κ2) is 3.52. The summed E-state index contributed by atoms with van der Waals surface area (Å²) in [6.07, 6.45) is 5.11. The lowest BCUT2D eigenvalue weighted by atomic mass is 9.88. The fourth-order valence-corrected chi connectivity index (χ4v) is 1.70. The highest BCUT2D eigenvalue weighted by Gasteiger charge is 2.28. The van der Waals surface area contributed by atoms with Crippen LogP contribution in [0.5, 0.6) is 0 Å². The van der Waals surface area contributed by atoms with Crippen molar-refractivity contribution in [3.8, 4) is 0 Å². The van der Waals surface area contributed by atoms with E-state index in [0.29, 0.717) is 12.1 Å². The van der Waals surface area contributed by atoms with Crippen molar-refractivity contribution in [1.29, 1.82) is 0 Å². The van der Waals surface area contributed by atoms with Gasteiger partial charge in [-0.3, -0.25) is 0 Å². The molecule has 1 heterocycles. The van der Waals surface area contributed by atoms with Gasteiger partial charge in [-0.15, -0.1) is 0 Å². The molecule has 0 radical (unpaired) electrons. The van der Waals surface area contributed by atoms with E-state index in [1.54, 1.807) is 12.5 Å². The summed E-state index contributed by atoms with van der Waals surface area (Å²) in [4.78, 5) is 0. The summed E-state index contributed by atoms with van der Waals surface area (Å²) in [5.74, 6) is 0. The van der Waals surface area contributed by atoms with E-state index >= 15 is 0 Å². The van der Waals surface area contributed by atoms with E-state index in [1.807, 2.05) is 6.07 Å². The van der Waals surface area contributed by atoms with Crippen LogP contribution in [0.4, 0.5) is 0 Å². The minimum atomic E-state index is -0.0888. The molecule has 1 aromatic heterocycles. The van der Waals surface area contributed by atoms with Crippen molar-refractivity contribution in [3.05, 3.63) is 24.2 Å². The first kappa shape index (κ1) is 8.78. The van der Waals surface area contributed by atoms with Crippen molar-refractivity contribution < 1.29 is 9.52 Å². The van der Waals surface area contributed by atoms with Crippen LogP contribution in [0.3, 0.4) is 0 Å². The van der Waals surface area contributed by atoms with Gasteiger partial charge in [0.15, 0.2) is 0 Å². The minimum Gasteiger partial charge on any atom is -0.472 e. The summed E-state index contributed by atoms with van der Waals surface area (Å²) >= 11 is 0. The molecule has 2 rings (SSSR count). The monoisotopic (exact) mass is 181 g/mol. The Labute approximate surface area is 77.8 Å². The van der Waals surface area contributed by atoms with Crippen molar-refractivity contribution in [1.82, 2.24) is 5.32 Å². The van der Waals surface area contributed by atoms with E-state index in [9.17, 15) is 0 Å². The molecule has 0 bridgehead atoms. The Morgan fingerprint density at radius 2 is 2.38 bits per heavy atom. The summed E-state index contributed by atoms with van der Waals surface area (Å²) in [7, 11) is 0. The molecule has 0 aromatic carbocycles. The van der Waals surface area contributed by atoms with E-state index in [4.69, 9.17) is 9.52 Å². The average molecular weight is 181 g/mol. The maximum Gasteiger partial charge on any atom is 0.0950 e. The first-order valence-corrected chi connectivity index (χ1v) is 4.72. The smallest absolute Gasteiger partial charge is 0.0950 e. The third-order valence-electron chi connectivity index (χ3n) is 2.64. The molecule has 3 nitrogen and oxygen atoms in total. The van der Waals surface area contributed by atoms with Gasteiger partial charge in [0, 0.05) is 17.6 Å². The lowest BCUT2D eigenvalue weighted by Gasteiger charge is -2.34. The molecule has 0 saturated heterocycles. The third kappa shape index (κ3) is 1.92. The van der Waals surface area contributed by atoms with Crippen molar-refractivity contribution in [2.45, 2.75) is 38.0 Å². The molecule has 0 aliphatic heterocycles. The molecule has 13 heavy (non-hydrogen) atoms. The molecular formula is C10H15NO2. The SMILES string of the molecule is CC(NC1CC(O)C1)c1ccoc1. The molecule has 1 aromatic rings. The van der Waals surface area contributed by atoms with Gasteiger partial charge in [-0.1, -0.05) is 0 Å². The number of nitrogens with one attached hydrogen (secondary N) is 1. The Balaban J connectivity index is 1.82. The highest BCUT2D eigenvalue weighted by Crippen LogP contribution is 2.23. The number of hydrogen-bond acceptors (Lipinski definition) is 3. The van der Waals surface area contributed by atoms with Crippen molar-refractivity contribution in [3.63, 3.8) is 0 Å². The lowest BCUT2D eigenvalue weighted by Crippen LogP contribution is -2.44. The van der Waals surface area contributed by atoms with Crippen LogP contribution >= 0.6 is 0 Å². The van der Waals surface area contributed by atoms with E-state index in [1.165, 1.54) is 5.56 Å². The summed E-state index contributed by atoms with van der Waals surface area (Å²) < 4.78 is 5.00. The van der Waals surface area contributed by atoms with Gasteiger partial charge >= 0.3 is 0 Å². The first-order valence-electron chi connectivity index (χ1n) is 4.72. The fraction of sp³-hybridized carbons (Fsp3) is 0.600.